The summed E-state index contributed by atoms with van der Waals surface area (Å²) in [7, 11) is 0. The van der Waals surface area contributed by atoms with E-state index in [4.69, 9.17) is 14.8 Å². The summed E-state index contributed by atoms with van der Waals surface area (Å²) in [6.45, 7) is 27.2. The molecule has 0 saturated heterocycles. The van der Waals surface area contributed by atoms with Crippen LogP contribution in [0.2, 0.25) is 0 Å². The van der Waals surface area contributed by atoms with Crippen molar-refractivity contribution in [2.75, 3.05) is 0 Å². The predicted molar refractivity (Wildman–Crippen MR) is 294 cm³/mol. The molecule has 10 rings (SSSR count). The number of hydrogen-bond acceptors (Lipinski definition) is 3. The van der Waals surface area contributed by atoms with Crippen molar-refractivity contribution in [3.05, 3.63) is 205 Å². The Hall–Kier alpha value is -7.57. The summed E-state index contributed by atoms with van der Waals surface area (Å²) in [6.07, 6.45) is 5.70. The first kappa shape index (κ1) is 47.1. The Morgan fingerprint density at radius 1 is 0.465 bits per heavy atom. The second kappa shape index (κ2) is 17.7. The van der Waals surface area contributed by atoms with E-state index in [9.17, 15) is 0 Å². The Balaban J connectivity index is 1.14. The van der Waals surface area contributed by atoms with Gasteiger partial charge in [0.2, 0.25) is 12.2 Å². The number of ether oxygens (including phenoxy) is 1. The molecule has 356 valence electrons. The number of nitrogens with zero attached hydrogens (tertiary/aromatic N) is 5. The number of fused-ring (bicyclic) bond motifs is 3. The zero-order chi connectivity index (χ0) is 50.0. The number of hydrogen-bond donors (Lipinski definition) is 0. The van der Waals surface area contributed by atoms with Gasteiger partial charge in [0.05, 0.1) is 16.7 Å². The van der Waals surface area contributed by atoms with Crippen molar-refractivity contribution in [2.45, 2.75) is 105 Å². The lowest BCUT2D eigenvalue weighted by molar-refractivity contribution is -0.589. The summed E-state index contributed by atoms with van der Waals surface area (Å²) >= 11 is 0. The third-order valence-corrected chi connectivity index (χ3v) is 13.7. The molecule has 0 unspecified atom stereocenters. The fourth-order valence-electron chi connectivity index (χ4n) is 9.48. The summed E-state index contributed by atoms with van der Waals surface area (Å²) in [5, 5.41) is 7.88. The van der Waals surface area contributed by atoms with Crippen LogP contribution in [0.1, 0.15) is 105 Å². The predicted octanol–water partition coefficient (Wildman–Crippen LogP) is 16.4. The lowest BCUT2D eigenvalue weighted by atomic mass is 9.80. The molecule has 0 amide bonds. The van der Waals surface area contributed by atoms with Crippen LogP contribution >= 0.6 is 0 Å². The average Bonchev–Trinajstić information content (AvgIpc) is 3.93. The van der Waals surface area contributed by atoms with Crippen LogP contribution in [0.15, 0.2) is 176 Å². The zero-order valence-corrected chi connectivity index (χ0v) is 43.4. The third-order valence-electron chi connectivity index (χ3n) is 13.7. The first-order valence-electron chi connectivity index (χ1n) is 24.9. The van der Waals surface area contributed by atoms with Gasteiger partial charge in [0.1, 0.15) is 17.3 Å². The molecule has 0 aliphatic carbocycles. The van der Waals surface area contributed by atoms with Gasteiger partial charge >= 0.3 is 0 Å². The van der Waals surface area contributed by atoms with Gasteiger partial charge in [-0.1, -0.05) is 198 Å². The van der Waals surface area contributed by atoms with Gasteiger partial charge in [-0.3, -0.25) is 4.57 Å². The summed E-state index contributed by atoms with van der Waals surface area (Å²) in [4.78, 5) is 4.96. The maximum atomic E-state index is 6.86. The second-order valence-electron chi connectivity index (χ2n) is 23.1. The van der Waals surface area contributed by atoms with Gasteiger partial charge in [-0.15, -0.1) is 0 Å². The highest BCUT2D eigenvalue weighted by Gasteiger charge is 2.27. The molecule has 3 heterocycles. The Morgan fingerprint density at radius 2 is 1.04 bits per heavy atom. The van der Waals surface area contributed by atoms with E-state index in [2.05, 4.69) is 256 Å². The molecule has 10 aromatic rings. The first-order valence-corrected chi connectivity index (χ1v) is 24.9. The van der Waals surface area contributed by atoms with Crippen LogP contribution in [0.3, 0.4) is 0 Å². The summed E-state index contributed by atoms with van der Waals surface area (Å²) in [6, 6.07) is 60.5. The van der Waals surface area contributed by atoms with Gasteiger partial charge < -0.3 is 9.30 Å². The molecule has 0 aliphatic rings. The molecule has 6 heteroatoms. The third kappa shape index (κ3) is 9.32. The van der Waals surface area contributed by atoms with Crippen LogP contribution in [-0.4, -0.2) is 19.3 Å². The fourth-order valence-corrected chi connectivity index (χ4v) is 9.48. The van der Waals surface area contributed by atoms with E-state index >= 15 is 0 Å². The SMILES string of the molecule is CC(C)(C)c1cc(-[n+]2[c-]n(-c3cccc(Oc4ccc5c6cc(C(C)(C)C)ccc6n(-c6cc(C(C)(C)C)ccn6)c5c4)c3)nc2-c2c(-c3ccccc3)cccc2-c2ccccc2)cc(C(C)(C)C)c1. The van der Waals surface area contributed by atoms with E-state index < -0.39 is 0 Å². The summed E-state index contributed by atoms with van der Waals surface area (Å²) in [5.74, 6) is 3.06. The van der Waals surface area contributed by atoms with Gasteiger partial charge in [-0.05, 0) is 120 Å². The smallest absolute Gasteiger partial charge is 0.233 e. The Labute approximate surface area is 420 Å². The van der Waals surface area contributed by atoms with Crippen molar-refractivity contribution in [2.24, 2.45) is 0 Å². The maximum absolute atomic E-state index is 6.86. The number of pyridine rings is 1. The van der Waals surface area contributed by atoms with Crippen molar-refractivity contribution < 1.29 is 9.30 Å². The molecule has 0 spiro atoms. The lowest BCUT2D eigenvalue weighted by Gasteiger charge is -2.27. The minimum atomic E-state index is -0.102. The van der Waals surface area contributed by atoms with E-state index in [0.717, 1.165) is 73.0 Å². The molecular weight excluding hydrogens is 867 g/mol. The van der Waals surface area contributed by atoms with Crippen LogP contribution in [0.4, 0.5) is 0 Å². The minimum Gasteiger partial charge on any atom is -0.458 e. The Kier molecular flexibility index (Phi) is 11.7. The van der Waals surface area contributed by atoms with Gasteiger partial charge in [-0.2, -0.15) is 4.68 Å². The summed E-state index contributed by atoms with van der Waals surface area (Å²) in [5.41, 5.74) is 14.1. The van der Waals surface area contributed by atoms with Crippen LogP contribution < -0.4 is 9.30 Å². The van der Waals surface area contributed by atoms with Crippen LogP contribution in [0, 0.1) is 6.33 Å². The molecule has 71 heavy (non-hydrogen) atoms. The molecule has 0 aliphatic heterocycles. The normalized spacial score (nSPS) is 12.5. The zero-order valence-electron chi connectivity index (χ0n) is 43.4. The first-order chi connectivity index (χ1) is 33.7. The molecule has 6 nitrogen and oxygen atoms in total. The van der Waals surface area contributed by atoms with Gasteiger partial charge in [0, 0.05) is 34.3 Å². The minimum absolute atomic E-state index is 0.00554. The van der Waals surface area contributed by atoms with Crippen molar-refractivity contribution in [1.82, 2.24) is 19.3 Å². The maximum Gasteiger partial charge on any atom is 0.233 e. The molecule has 0 N–H and O–H groups in total. The molecule has 7 aromatic carbocycles. The molecule has 0 saturated carbocycles. The molecule has 0 atom stereocenters. The average molecular weight is 932 g/mol. The monoisotopic (exact) mass is 932 g/mol. The highest BCUT2D eigenvalue weighted by Crippen LogP contribution is 2.41. The van der Waals surface area contributed by atoms with Crippen LogP contribution in [0.5, 0.6) is 11.5 Å². The van der Waals surface area contributed by atoms with Crippen LogP contribution in [-0.2, 0) is 21.7 Å². The highest BCUT2D eigenvalue weighted by atomic mass is 16.5. The number of benzene rings is 7. The van der Waals surface area contributed by atoms with E-state index in [1.807, 2.05) is 23.0 Å². The topological polar surface area (TPSA) is 48.8 Å². The molecule has 0 radical (unpaired) electrons. The standard InChI is InChI=1S/C65H65N5O/c1-62(2,3)45-29-32-57-56(38-45)55-31-30-52(41-58(55)70(57)59-39-46(33-34-66-59)63(4,5)6)71-51-26-19-25-49(40-51)69-42-68(50-36-47(64(7,8)9)35-48(37-50)65(10,11)12)61(67-69)60-53(43-21-15-13-16-22-43)27-20-28-54(60)44-23-17-14-18-24-44/h13-41H,1-12H3. The van der Waals surface area contributed by atoms with E-state index in [1.54, 1.807) is 0 Å². The molecule has 0 fully saturated rings. The highest BCUT2D eigenvalue weighted by molar-refractivity contribution is 6.10. The summed E-state index contributed by atoms with van der Waals surface area (Å²) < 4.78 is 13.2. The largest absolute Gasteiger partial charge is 0.458 e. The number of aromatic nitrogens is 5. The second-order valence-corrected chi connectivity index (χ2v) is 23.1. The Morgan fingerprint density at radius 3 is 1.65 bits per heavy atom. The Bertz CT molecular complexity index is 3500. The molecule has 3 aromatic heterocycles. The van der Waals surface area contributed by atoms with E-state index in [1.165, 1.54) is 27.6 Å². The quantitative estimate of drug-likeness (QED) is 0.113. The van der Waals surface area contributed by atoms with E-state index in [0.29, 0.717) is 5.75 Å². The van der Waals surface area contributed by atoms with Gasteiger partial charge in [-0.25, -0.2) is 4.98 Å². The van der Waals surface area contributed by atoms with E-state index in [-0.39, 0.29) is 21.7 Å². The van der Waals surface area contributed by atoms with Gasteiger partial charge in [0.25, 0.3) is 0 Å². The fraction of sp³-hybridized carbons (Fsp3) is 0.246. The van der Waals surface area contributed by atoms with Gasteiger partial charge in [0.15, 0.2) is 0 Å². The van der Waals surface area contributed by atoms with Crippen molar-refractivity contribution in [3.8, 4) is 62.3 Å². The lowest BCUT2D eigenvalue weighted by Crippen LogP contribution is -2.33. The number of rotatable bonds is 8. The van der Waals surface area contributed by atoms with Crippen molar-refractivity contribution in [1.29, 1.82) is 0 Å². The van der Waals surface area contributed by atoms with Crippen molar-refractivity contribution >= 4 is 21.8 Å². The van der Waals surface area contributed by atoms with Crippen molar-refractivity contribution in [3.63, 3.8) is 0 Å². The molecular formula is C65H65N5O. The molecule has 0 bridgehead atoms. The van der Waals surface area contributed by atoms with Crippen LogP contribution in [0.25, 0.3) is 72.6 Å².